The molecule has 0 aliphatic carbocycles. The van der Waals surface area contributed by atoms with Crippen LogP contribution in [0.3, 0.4) is 0 Å². The molecule has 1 fully saturated rings. The normalized spacial score (nSPS) is 36.6. The van der Waals surface area contributed by atoms with E-state index in [1.54, 1.807) is 0 Å². The molecule has 0 radical (unpaired) electrons. The SMILES string of the molecule is OC[C@H]1O[C@](O)(Cc2ccccc2)C[C@@H](O)[C@@H]1O. The van der Waals surface area contributed by atoms with Crippen molar-refractivity contribution in [1.29, 1.82) is 0 Å². The number of rotatable bonds is 3. The molecule has 1 aliphatic heterocycles. The quantitative estimate of drug-likeness (QED) is 0.579. The lowest BCUT2D eigenvalue weighted by atomic mass is 9.91. The van der Waals surface area contributed by atoms with Gasteiger partial charge in [0.1, 0.15) is 12.2 Å². The van der Waals surface area contributed by atoms with Gasteiger partial charge in [-0.3, -0.25) is 0 Å². The summed E-state index contributed by atoms with van der Waals surface area (Å²) in [5.74, 6) is -1.56. The van der Waals surface area contributed by atoms with Crippen LogP contribution in [-0.4, -0.2) is 51.1 Å². The van der Waals surface area contributed by atoms with Crippen LogP contribution in [-0.2, 0) is 11.2 Å². The number of aliphatic hydroxyl groups excluding tert-OH is 3. The molecule has 0 amide bonds. The third-order valence-electron chi connectivity index (χ3n) is 3.18. The Bertz CT molecular complexity index is 382. The fourth-order valence-corrected chi connectivity index (χ4v) is 2.27. The van der Waals surface area contributed by atoms with E-state index in [9.17, 15) is 15.3 Å². The van der Waals surface area contributed by atoms with Gasteiger partial charge in [-0.1, -0.05) is 30.3 Å². The summed E-state index contributed by atoms with van der Waals surface area (Å²) in [5, 5.41) is 38.7. The molecule has 0 aromatic heterocycles. The molecule has 18 heavy (non-hydrogen) atoms. The zero-order valence-corrected chi connectivity index (χ0v) is 9.94. The highest BCUT2D eigenvalue weighted by atomic mass is 16.6. The molecule has 0 unspecified atom stereocenters. The summed E-state index contributed by atoms with van der Waals surface area (Å²) in [5.41, 5.74) is 0.861. The molecule has 1 heterocycles. The lowest BCUT2D eigenvalue weighted by Gasteiger charge is -2.42. The molecule has 4 N–H and O–H groups in total. The van der Waals surface area contributed by atoms with E-state index in [1.165, 1.54) is 0 Å². The van der Waals surface area contributed by atoms with Crippen molar-refractivity contribution in [3.63, 3.8) is 0 Å². The van der Waals surface area contributed by atoms with Gasteiger partial charge in [0.05, 0.1) is 12.7 Å². The fraction of sp³-hybridized carbons (Fsp3) is 0.538. The van der Waals surface area contributed by atoms with Crippen molar-refractivity contribution >= 4 is 0 Å². The molecule has 1 aromatic carbocycles. The Balaban J connectivity index is 2.11. The van der Waals surface area contributed by atoms with Gasteiger partial charge in [-0.05, 0) is 5.56 Å². The van der Waals surface area contributed by atoms with E-state index in [2.05, 4.69) is 0 Å². The van der Waals surface area contributed by atoms with Gasteiger partial charge in [0.2, 0.25) is 0 Å². The minimum atomic E-state index is -1.56. The Labute approximate surface area is 105 Å². The predicted molar refractivity (Wildman–Crippen MR) is 63.7 cm³/mol. The molecule has 2 rings (SSSR count). The highest BCUT2D eigenvalue weighted by Crippen LogP contribution is 2.30. The Hall–Kier alpha value is -0.980. The Morgan fingerprint density at radius 2 is 1.89 bits per heavy atom. The van der Waals surface area contributed by atoms with Crippen LogP contribution in [0.2, 0.25) is 0 Å². The van der Waals surface area contributed by atoms with Crippen LogP contribution in [0.5, 0.6) is 0 Å². The van der Waals surface area contributed by atoms with E-state index in [4.69, 9.17) is 9.84 Å². The first-order valence-electron chi connectivity index (χ1n) is 5.95. The molecule has 1 saturated heterocycles. The summed E-state index contributed by atoms with van der Waals surface area (Å²) in [6.45, 7) is -0.449. The van der Waals surface area contributed by atoms with E-state index in [0.29, 0.717) is 0 Å². The van der Waals surface area contributed by atoms with Crippen LogP contribution in [0.4, 0.5) is 0 Å². The standard InChI is InChI=1S/C13H18O5/c14-8-11-12(16)10(15)7-13(17,18-11)6-9-4-2-1-3-5-9/h1-5,10-12,14-17H,6-8H2/t10-,11-,12+,13-/m1/s1. The van der Waals surface area contributed by atoms with Crippen LogP contribution in [0.15, 0.2) is 30.3 Å². The fourth-order valence-electron chi connectivity index (χ4n) is 2.27. The first-order chi connectivity index (χ1) is 8.54. The molecule has 0 spiro atoms. The maximum atomic E-state index is 10.3. The van der Waals surface area contributed by atoms with Gasteiger partial charge in [0.15, 0.2) is 5.79 Å². The molecular formula is C13H18O5. The molecule has 1 aromatic rings. The molecule has 0 saturated carbocycles. The van der Waals surface area contributed by atoms with Crippen molar-refractivity contribution in [3.8, 4) is 0 Å². The second-order valence-electron chi connectivity index (χ2n) is 4.71. The zero-order chi connectivity index (χ0) is 13.2. The number of aliphatic hydroxyl groups is 4. The summed E-state index contributed by atoms with van der Waals surface area (Å²) < 4.78 is 5.31. The zero-order valence-electron chi connectivity index (χ0n) is 9.94. The number of hydrogen-bond acceptors (Lipinski definition) is 5. The maximum absolute atomic E-state index is 10.3. The van der Waals surface area contributed by atoms with Gasteiger partial charge in [-0.25, -0.2) is 0 Å². The van der Waals surface area contributed by atoms with Crippen LogP contribution in [0.25, 0.3) is 0 Å². The van der Waals surface area contributed by atoms with Gasteiger partial charge < -0.3 is 25.2 Å². The molecular weight excluding hydrogens is 236 g/mol. The smallest absolute Gasteiger partial charge is 0.172 e. The van der Waals surface area contributed by atoms with Crippen molar-refractivity contribution in [2.75, 3.05) is 6.61 Å². The minimum absolute atomic E-state index is 0.0838. The largest absolute Gasteiger partial charge is 0.394 e. The van der Waals surface area contributed by atoms with Crippen molar-refractivity contribution < 1.29 is 25.2 Å². The Kier molecular flexibility index (Phi) is 3.99. The van der Waals surface area contributed by atoms with Gasteiger partial charge in [0, 0.05) is 12.8 Å². The monoisotopic (exact) mass is 254 g/mol. The topological polar surface area (TPSA) is 90.2 Å². The average Bonchev–Trinajstić information content (AvgIpc) is 2.35. The molecule has 1 aliphatic rings. The highest BCUT2D eigenvalue weighted by molar-refractivity contribution is 5.16. The third-order valence-corrected chi connectivity index (χ3v) is 3.18. The summed E-state index contributed by atoms with van der Waals surface area (Å²) in [6, 6.07) is 9.23. The van der Waals surface area contributed by atoms with E-state index >= 15 is 0 Å². The van der Waals surface area contributed by atoms with Crippen molar-refractivity contribution in [2.45, 2.75) is 36.9 Å². The highest BCUT2D eigenvalue weighted by Gasteiger charge is 2.44. The number of ether oxygens (including phenoxy) is 1. The molecule has 0 bridgehead atoms. The summed E-state index contributed by atoms with van der Waals surface area (Å²) >= 11 is 0. The van der Waals surface area contributed by atoms with Crippen LogP contribution >= 0.6 is 0 Å². The van der Waals surface area contributed by atoms with E-state index in [0.717, 1.165) is 5.56 Å². The first-order valence-corrected chi connectivity index (χ1v) is 5.95. The maximum Gasteiger partial charge on any atom is 0.172 e. The minimum Gasteiger partial charge on any atom is -0.394 e. The van der Waals surface area contributed by atoms with E-state index in [1.807, 2.05) is 30.3 Å². The first kappa shape index (κ1) is 13.5. The second kappa shape index (κ2) is 5.34. The van der Waals surface area contributed by atoms with Crippen LogP contribution in [0, 0.1) is 0 Å². The van der Waals surface area contributed by atoms with Gasteiger partial charge in [-0.15, -0.1) is 0 Å². The average molecular weight is 254 g/mol. The van der Waals surface area contributed by atoms with Crippen molar-refractivity contribution in [1.82, 2.24) is 0 Å². The molecule has 100 valence electrons. The lowest BCUT2D eigenvalue weighted by Crippen LogP contribution is -2.56. The van der Waals surface area contributed by atoms with Crippen LogP contribution in [0.1, 0.15) is 12.0 Å². The summed E-state index contributed by atoms with van der Waals surface area (Å²) in [4.78, 5) is 0. The van der Waals surface area contributed by atoms with Crippen LogP contribution < -0.4 is 0 Å². The molecule has 4 atom stereocenters. The van der Waals surface area contributed by atoms with E-state index < -0.39 is 30.7 Å². The number of benzene rings is 1. The Morgan fingerprint density at radius 3 is 2.50 bits per heavy atom. The van der Waals surface area contributed by atoms with Crippen molar-refractivity contribution in [2.24, 2.45) is 0 Å². The molecule has 5 nitrogen and oxygen atoms in total. The summed E-state index contributed by atoms with van der Waals surface area (Å²) in [7, 11) is 0. The Morgan fingerprint density at radius 1 is 1.22 bits per heavy atom. The summed E-state index contributed by atoms with van der Waals surface area (Å²) in [6.07, 6.45) is -3.13. The lowest BCUT2D eigenvalue weighted by molar-refractivity contribution is -0.304. The number of hydrogen-bond donors (Lipinski definition) is 4. The van der Waals surface area contributed by atoms with Gasteiger partial charge in [0.25, 0.3) is 0 Å². The van der Waals surface area contributed by atoms with E-state index in [-0.39, 0.29) is 12.8 Å². The van der Waals surface area contributed by atoms with Gasteiger partial charge >= 0.3 is 0 Å². The molecule has 5 heteroatoms. The van der Waals surface area contributed by atoms with Crippen molar-refractivity contribution in [3.05, 3.63) is 35.9 Å². The van der Waals surface area contributed by atoms with Gasteiger partial charge in [-0.2, -0.15) is 0 Å². The predicted octanol–water partition coefficient (Wildman–Crippen LogP) is -0.579. The third kappa shape index (κ3) is 2.88. The second-order valence-corrected chi connectivity index (χ2v) is 4.71.